The van der Waals surface area contributed by atoms with Crippen molar-refractivity contribution in [1.82, 2.24) is 0 Å². The van der Waals surface area contributed by atoms with Gasteiger partial charge in [0.2, 0.25) is 0 Å². The van der Waals surface area contributed by atoms with Crippen LogP contribution in [-0.2, 0) is 4.57 Å². The zero-order valence-electron chi connectivity index (χ0n) is 6.94. The normalized spacial score (nSPS) is 11.1. The van der Waals surface area contributed by atoms with E-state index in [0.29, 0.717) is 12.8 Å². The van der Waals surface area contributed by atoms with Gasteiger partial charge in [0.1, 0.15) is 0 Å². The van der Waals surface area contributed by atoms with Crippen LogP contribution in [0.5, 0.6) is 0 Å². The maximum absolute atomic E-state index is 10.4. The van der Waals surface area contributed by atoms with E-state index in [1.54, 1.807) is 0 Å². The van der Waals surface area contributed by atoms with Crippen LogP contribution in [0.1, 0.15) is 32.1 Å². The van der Waals surface area contributed by atoms with Crippen molar-refractivity contribution >= 4 is 7.60 Å². The van der Waals surface area contributed by atoms with E-state index >= 15 is 0 Å². The third-order valence-electron chi connectivity index (χ3n) is 1.49. The summed E-state index contributed by atoms with van der Waals surface area (Å²) in [6.07, 6.45) is 3.57. The quantitative estimate of drug-likeness (QED) is 0.494. The molecule has 0 rings (SSSR count). The van der Waals surface area contributed by atoms with E-state index in [0.717, 1.165) is 19.3 Å². The van der Waals surface area contributed by atoms with Crippen molar-refractivity contribution in [3.63, 3.8) is 0 Å². The van der Waals surface area contributed by atoms with Crippen molar-refractivity contribution in [2.24, 2.45) is 0 Å². The largest absolute Gasteiger partial charge is 0.325 e. The van der Waals surface area contributed by atoms with Crippen molar-refractivity contribution in [2.75, 3.05) is 6.16 Å². The van der Waals surface area contributed by atoms with Gasteiger partial charge >= 0.3 is 7.60 Å². The molecule has 0 unspecified atom stereocenters. The van der Waals surface area contributed by atoms with Gasteiger partial charge in [0, 0.05) is 12.6 Å². The molecule has 5 heteroatoms. The van der Waals surface area contributed by atoms with Gasteiger partial charge in [-0.2, -0.15) is 5.26 Å². The topological polar surface area (TPSA) is 81.3 Å². The molecule has 0 aliphatic rings. The minimum absolute atomic E-state index is 0.0282. The van der Waals surface area contributed by atoms with Gasteiger partial charge in [0.05, 0.1) is 6.07 Å². The highest BCUT2D eigenvalue weighted by Crippen LogP contribution is 2.35. The summed E-state index contributed by atoms with van der Waals surface area (Å²) in [7, 11) is -3.79. The van der Waals surface area contributed by atoms with Crippen LogP contribution in [-0.4, -0.2) is 15.9 Å². The van der Waals surface area contributed by atoms with Crippen molar-refractivity contribution in [1.29, 1.82) is 5.26 Å². The monoisotopic (exact) mass is 191 g/mol. The second-order valence-electron chi connectivity index (χ2n) is 2.71. The Bertz CT molecular complexity index is 193. The zero-order chi connectivity index (χ0) is 9.45. The predicted octanol–water partition coefficient (Wildman–Crippen LogP) is 1.64. The van der Waals surface area contributed by atoms with Crippen LogP contribution in [0.2, 0.25) is 0 Å². The lowest BCUT2D eigenvalue weighted by Crippen LogP contribution is -1.87. The van der Waals surface area contributed by atoms with Crippen molar-refractivity contribution < 1.29 is 14.4 Å². The van der Waals surface area contributed by atoms with Gasteiger partial charge in [-0.1, -0.05) is 12.8 Å². The molecule has 0 aromatic carbocycles. The van der Waals surface area contributed by atoms with Gasteiger partial charge < -0.3 is 9.79 Å². The predicted molar refractivity (Wildman–Crippen MR) is 45.6 cm³/mol. The third kappa shape index (κ3) is 9.64. The third-order valence-corrected chi connectivity index (χ3v) is 2.39. The number of unbranched alkanes of at least 4 members (excludes halogenated alkanes) is 4. The highest BCUT2D eigenvalue weighted by atomic mass is 31.2. The number of nitriles is 1. The fourth-order valence-corrected chi connectivity index (χ4v) is 1.51. The lowest BCUT2D eigenvalue weighted by atomic mass is 10.2. The molecular formula is C7H14NO3P. The Balaban J connectivity index is 3.13. The first-order chi connectivity index (χ1) is 5.56. The fraction of sp³-hybridized carbons (Fsp3) is 0.857. The van der Waals surface area contributed by atoms with Crippen molar-refractivity contribution in [2.45, 2.75) is 32.1 Å². The van der Waals surface area contributed by atoms with Crippen LogP contribution in [0.3, 0.4) is 0 Å². The van der Waals surface area contributed by atoms with Crippen LogP contribution >= 0.6 is 7.60 Å². The number of nitrogens with zero attached hydrogens (tertiary/aromatic N) is 1. The molecule has 0 amide bonds. The molecule has 2 N–H and O–H groups in total. The summed E-state index contributed by atoms with van der Waals surface area (Å²) in [5, 5.41) is 8.18. The Kier molecular flexibility index (Phi) is 6.00. The van der Waals surface area contributed by atoms with E-state index in [1.807, 2.05) is 6.07 Å². The number of hydrogen-bond acceptors (Lipinski definition) is 2. The molecule has 12 heavy (non-hydrogen) atoms. The summed E-state index contributed by atoms with van der Waals surface area (Å²) in [6.45, 7) is 0. The highest BCUT2D eigenvalue weighted by molar-refractivity contribution is 7.51. The Hall–Kier alpha value is -0.360. The van der Waals surface area contributed by atoms with Gasteiger partial charge in [0.25, 0.3) is 0 Å². The Labute approximate surface area is 72.4 Å². The zero-order valence-corrected chi connectivity index (χ0v) is 7.83. The molecule has 70 valence electrons. The summed E-state index contributed by atoms with van der Waals surface area (Å²) in [5.74, 6) is 0. The Morgan fingerprint density at radius 2 is 1.75 bits per heavy atom. The molecule has 0 fully saturated rings. The van der Waals surface area contributed by atoms with Gasteiger partial charge in [0.15, 0.2) is 0 Å². The molecule has 0 aromatic rings. The first kappa shape index (κ1) is 11.6. The maximum atomic E-state index is 10.4. The molecule has 0 saturated carbocycles. The van der Waals surface area contributed by atoms with Crippen LogP contribution in [0, 0.1) is 11.3 Å². The summed E-state index contributed by atoms with van der Waals surface area (Å²) >= 11 is 0. The SMILES string of the molecule is N#CCCCCCCP(=O)(O)O. The molecular weight excluding hydrogens is 177 g/mol. The average Bonchev–Trinajstić information content (AvgIpc) is 1.94. The molecule has 0 aliphatic heterocycles. The van der Waals surface area contributed by atoms with E-state index in [1.165, 1.54) is 0 Å². The van der Waals surface area contributed by atoms with E-state index in [2.05, 4.69) is 0 Å². The van der Waals surface area contributed by atoms with E-state index < -0.39 is 7.60 Å². The van der Waals surface area contributed by atoms with Crippen molar-refractivity contribution in [3.8, 4) is 6.07 Å². The lowest BCUT2D eigenvalue weighted by Gasteiger charge is -2.01. The van der Waals surface area contributed by atoms with Gasteiger partial charge in [-0.15, -0.1) is 0 Å². The van der Waals surface area contributed by atoms with Gasteiger partial charge in [-0.25, -0.2) is 0 Å². The number of hydrogen-bond donors (Lipinski definition) is 2. The average molecular weight is 191 g/mol. The van der Waals surface area contributed by atoms with Crippen LogP contribution in [0.15, 0.2) is 0 Å². The van der Waals surface area contributed by atoms with Gasteiger partial charge in [-0.05, 0) is 12.8 Å². The molecule has 4 nitrogen and oxygen atoms in total. The Morgan fingerprint density at radius 3 is 2.25 bits per heavy atom. The molecule has 0 bridgehead atoms. The first-order valence-corrected chi connectivity index (χ1v) is 5.77. The highest BCUT2D eigenvalue weighted by Gasteiger charge is 2.10. The lowest BCUT2D eigenvalue weighted by molar-refractivity contribution is 0.370. The summed E-state index contributed by atoms with van der Waals surface area (Å²) < 4.78 is 10.4. The molecule has 0 spiro atoms. The smallest absolute Gasteiger partial charge is 0.324 e. The molecule has 0 radical (unpaired) electrons. The second kappa shape index (κ2) is 6.19. The molecule has 0 heterocycles. The molecule has 0 saturated heterocycles. The van der Waals surface area contributed by atoms with Crippen LogP contribution < -0.4 is 0 Å². The minimum Gasteiger partial charge on any atom is -0.324 e. The minimum atomic E-state index is -3.79. The molecule has 0 atom stereocenters. The van der Waals surface area contributed by atoms with Gasteiger partial charge in [-0.3, -0.25) is 4.57 Å². The van der Waals surface area contributed by atoms with Crippen molar-refractivity contribution in [3.05, 3.63) is 0 Å². The van der Waals surface area contributed by atoms with Crippen LogP contribution in [0.25, 0.3) is 0 Å². The van der Waals surface area contributed by atoms with Crippen LogP contribution in [0.4, 0.5) is 0 Å². The van der Waals surface area contributed by atoms with E-state index in [-0.39, 0.29) is 6.16 Å². The van der Waals surface area contributed by atoms with E-state index in [9.17, 15) is 4.57 Å². The molecule has 0 aliphatic carbocycles. The fourth-order valence-electron chi connectivity index (χ4n) is 0.875. The molecule has 0 aromatic heterocycles. The maximum Gasteiger partial charge on any atom is 0.325 e. The standard InChI is InChI=1S/C7H14NO3P/c8-6-4-2-1-3-5-7-12(9,10)11/h1-5,7H2,(H2,9,10,11). The summed E-state index contributed by atoms with van der Waals surface area (Å²) in [5.41, 5.74) is 0. The first-order valence-electron chi connectivity index (χ1n) is 3.98. The summed E-state index contributed by atoms with van der Waals surface area (Å²) in [6, 6.07) is 2.02. The second-order valence-corrected chi connectivity index (χ2v) is 4.49. The van der Waals surface area contributed by atoms with E-state index in [4.69, 9.17) is 15.0 Å². The number of rotatable bonds is 6. The Morgan fingerprint density at radius 1 is 1.17 bits per heavy atom. The summed E-state index contributed by atoms with van der Waals surface area (Å²) in [4.78, 5) is 17.0.